The lowest BCUT2D eigenvalue weighted by Crippen LogP contribution is -2.11. The average molecular weight is 193 g/mol. The van der Waals surface area contributed by atoms with E-state index in [2.05, 4.69) is 5.18 Å². The molecule has 0 aromatic heterocycles. The molecule has 0 aliphatic carbocycles. The van der Waals surface area contributed by atoms with E-state index in [0.29, 0.717) is 11.3 Å². The highest BCUT2D eigenvalue weighted by molar-refractivity contribution is 5.55. The molecular formula is C11H15NO2. The molecule has 3 nitrogen and oxygen atoms in total. The third kappa shape index (κ3) is 1.92. The first-order valence-corrected chi connectivity index (χ1v) is 4.53. The summed E-state index contributed by atoms with van der Waals surface area (Å²) in [5, 5.41) is 12.5. The number of phenolic OH excluding ortho intramolecular Hbond substituents is 1. The highest BCUT2D eigenvalue weighted by Crippen LogP contribution is 2.35. The zero-order chi connectivity index (χ0) is 10.9. The van der Waals surface area contributed by atoms with Crippen LogP contribution in [0.3, 0.4) is 0 Å². The van der Waals surface area contributed by atoms with E-state index in [-0.39, 0.29) is 11.2 Å². The van der Waals surface area contributed by atoms with E-state index in [1.165, 1.54) is 0 Å². The smallest absolute Gasteiger partial charge is 0.118 e. The Kier molecular flexibility index (Phi) is 2.60. The minimum Gasteiger partial charge on any atom is -0.508 e. The maximum absolute atomic E-state index is 10.6. The summed E-state index contributed by atoms with van der Waals surface area (Å²) in [4.78, 5) is 10.6. The van der Waals surface area contributed by atoms with Crippen molar-refractivity contribution in [1.82, 2.24) is 0 Å². The Morgan fingerprint density at radius 2 is 1.86 bits per heavy atom. The molecule has 0 aliphatic heterocycles. The number of benzene rings is 1. The fourth-order valence-corrected chi connectivity index (χ4v) is 1.36. The van der Waals surface area contributed by atoms with Crippen LogP contribution in [0.25, 0.3) is 0 Å². The van der Waals surface area contributed by atoms with E-state index in [1.54, 1.807) is 19.1 Å². The molecule has 0 spiro atoms. The van der Waals surface area contributed by atoms with Crippen LogP contribution in [0.15, 0.2) is 17.3 Å². The van der Waals surface area contributed by atoms with Gasteiger partial charge >= 0.3 is 0 Å². The summed E-state index contributed by atoms with van der Waals surface area (Å²) in [7, 11) is 0. The molecule has 0 bridgehead atoms. The van der Waals surface area contributed by atoms with Gasteiger partial charge < -0.3 is 5.11 Å². The van der Waals surface area contributed by atoms with Crippen LogP contribution in [0.5, 0.6) is 5.75 Å². The van der Waals surface area contributed by atoms with Crippen LogP contribution in [-0.4, -0.2) is 5.11 Å². The lowest BCUT2D eigenvalue weighted by molar-refractivity contribution is 0.467. The molecular weight excluding hydrogens is 178 g/mol. The molecule has 0 heterocycles. The maximum atomic E-state index is 10.6. The fourth-order valence-electron chi connectivity index (χ4n) is 1.36. The first-order chi connectivity index (χ1) is 6.36. The quantitative estimate of drug-likeness (QED) is 0.695. The predicted octanol–water partition coefficient (Wildman–Crippen LogP) is 3.40. The van der Waals surface area contributed by atoms with Gasteiger partial charge in [0.2, 0.25) is 0 Å². The molecule has 0 unspecified atom stereocenters. The van der Waals surface area contributed by atoms with Crippen LogP contribution < -0.4 is 0 Å². The van der Waals surface area contributed by atoms with Gasteiger partial charge in [0.25, 0.3) is 0 Å². The monoisotopic (exact) mass is 193 g/mol. The summed E-state index contributed by atoms with van der Waals surface area (Å²) in [6.07, 6.45) is 0. The normalized spacial score (nSPS) is 11.4. The highest BCUT2D eigenvalue weighted by Gasteiger charge is 2.20. The standard InChI is InChI=1S/C11H15NO2/c1-7-5-9(12-14)8(6-10(7)13)11(2,3)4/h5-6,13H,1-4H3. The molecule has 1 rings (SSSR count). The van der Waals surface area contributed by atoms with Crippen molar-refractivity contribution in [1.29, 1.82) is 0 Å². The lowest BCUT2D eigenvalue weighted by atomic mass is 9.85. The molecule has 0 atom stereocenters. The topological polar surface area (TPSA) is 49.7 Å². The van der Waals surface area contributed by atoms with Crippen molar-refractivity contribution in [2.45, 2.75) is 33.1 Å². The van der Waals surface area contributed by atoms with E-state index in [9.17, 15) is 10.0 Å². The van der Waals surface area contributed by atoms with Crippen molar-refractivity contribution in [2.75, 3.05) is 0 Å². The van der Waals surface area contributed by atoms with Crippen LogP contribution in [0.2, 0.25) is 0 Å². The Balaban J connectivity index is 3.42. The summed E-state index contributed by atoms with van der Waals surface area (Å²) in [5.74, 6) is 0.210. The van der Waals surface area contributed by atoms with Gasteiger partial charge in [-0.2, -0.15) is 0 Å². The van der Waals surface area contributed by atoms with Gasteiger partial charge in [-0.15, -0.1) is 4.91 Å². The predicted molar refractivity (Wildman–Crippen MR) is 57.0 cm³/mol. The SMILES string of the molecule is Cc1cc(N=O)c(C(C)(C)C)cc1O. The summed E-state index contributed by atoms with van der Waals surface area (Å²) in [6.45, 7) is 7.68. The summed E-state index contributed by atoms with van der Waals surface area (Å²) in [5.41, 5.74) is 1.67. The Morgan fingerprint density at radius 1 is 1.29 bits per heavy atom. The second kappa shape index (κ2) is 3.40. The maximum Gasteiger partial charge on any atom is 0.118 e. The molecule has 14 heavy (non-hydrogen) atoms. The van der Waals surface area contributed by atoms with Crippen molar-refractivity contribution in [3.05, 3.63) is 28.2 Å². The number of aromatic hydroxyl groups is 1. The zero-order valence-electron chi connectivity index (χ0n) is 8.96. The van der Waals surface area contributed by atoms with Crippen molar-refractivity contribution >= 4 is 5.69 Å². The molecule has 76 valence electrons. The minimum atomic E-state index is -0.186. The molecule has 1 aromatic rings. The molecule has 0 amide bonds. The first-order valence-electron chi connectivity index (χ1n) is 4.53. The molecule has 1 N–H and O–H groups in total. The van der Waals surface area contributed by atoms with Gasteiger partial charge in [-0.3, -0.25) is 0 Å². The van der Waals surface area contributed by atoms with Gasteiger partial charge in [0.05, 0.1) is 0 Å². The van der Waals surface area contributed by atoms with Crippen molar-refractivity contribution < 1.29 is 5.11 Å². The number of phenols is 1. The number of nitroso groups, excluding NO2 is 1. The second-order valence-corrected chi connectivity index (χ2v) is 4.50. The highest BCUT2D eigenvalue weighted by atomic mass is 16.3. The first kappa shape index (κ1) is 10.7. The van der Waals surface area contributed by atoms with E-state index in [1.807, 2.05) is 20.8 Å². The van der Waals surface area contributed by atoms with Gasteiger partial charge in [0.1, 0.15) is 11.4 Å². The third-order valence-electron chi connectivity index (χ3n) is 2.22. The summed E-state index contributed by atoms with van der Waals surface area (Å²) >= 11 is 0. The molecule has 0 saturated heterocycles. The molecule has 0 aliphatic rings. The Labute approximate surface area is 83.7 Å². The van der Waals surface area contributed by atoms with Gasteiger partial charge in [0, 0.05) is 0 Å². The van der Waals surface area contributed by atoms with E-state index in [0.717, 1.165) is 5.56 Å². The third-order valence-corrected chi connectivity index (χ3v) is 2.22. The molecule has 1 aromatic carbocycles. The Bertz CT molecular complexity index is 364. The minimum absolute atomic E-state index is 0.186. The van der Waals surface area contributed by atoms with Gasteiger partial charge in [-0.1, -0.05) is 20.8 Å². The Hall–Kier alpha value is -1.38. The summed E-state index contributed by atoms with van der Waals surface area (Å²) < 4.78 is 0. The molecule has 0 radical (unpaired) electrons. The van der Waals surface area contributed by atoms with Crippen LogP contribution in [0.4, 0.5) is 5.69 Å². The molecule has 3 heteroatoms. The fraction of sp³-hybridized carbons (Fsp3) is 0.455. The van der Waals surface area contributed by atoms with Crippen molar-refractivity contribution in [3.63, 3.8) is 0 Å². The van der Waals surface area contributed by atoms with Gasteiger partial charge in [-0.25, -0.2) is 0 Å². The summed E-state index contributed by atoms with van der Waals surface area (Å²) in [6, 6.07) is 3.23. The lowest BCUT2D eigenvalue weighted by Gasteiger charge is -2.20. The molecule has 0 fully saturated rings. The van der Waals surface area contributed by atoms with Crippen molar-refractivity contribution in [2.24, 2.45) is 5.18 Å². The number of aryl methyl sites for hydroxylation is 1. The van der Waals surface area contributed by atoms with E-state index in [4.69, 9.17) is 0 Å². The van der Waals surface area contributed by atoms with Crippen LogP contribution in [0, 0.1) is 11.8 Å². The van der Waals surface area contributed by atoms with Crippen molar-refractivity contribution in [3.8, 4) is 5.75 Å². The van der Waals surface area contributed by atoms with E-state index >= 15 is 0 Å². The van der Waals surface area contributed by atoms with Gasteiger partial charge in [0.15, 0.2) is 0 Å². The van der Waals surface area contributed by atoms with Gasteiger partial charge in [-0.05, 0) is 40.8 Å². The largest absolute Gasteiger partial charge is 0.508 e. The number of hydrogen-bond acceptors (Lipinski definition) is 3. The average Bonchev–Trinajstić information content (AvgIpc) is 2.07. The zero-order valence-corrected chi connectivity index (χ0v) is 8.96. The number of nitrogens with zero attached hydrogens (tertiary/aromatic N) is 1. The van der Waals surface area contributed by atoms with Crippen LogP contribution >= 0.6 is 0 Å². The van der Waals surface area contributed by atoms with Crippen LogP contribution in [-0.2, 0) is 5.41 Å². The van der Waals surface area contributed by atoms with Crippen LogP contribution in [0.1, 0.15) is 31.9 Å². The van der Waals surface area contributed by atoms with E-state index < -0.39 is 0 Å². The second-order valence-electron chi connectivity index (χ2n) is 4.50. The number of hydrogen-bond donors (Lipinski definition) is 1. The molecule has 0 saturated carbocycles. The number of rotatable bonds is 1. The Morgan fingerprint density at radius 3 is 2.29 bits per heavy atom.